The summed E-state index contributed by atoms with van der Waals surface area (Å²) in [6.45, 7) is 3.41. The molecule has 0 bridgehead atoms. The Bertz CT molecular complexity index is 1460. The maximum atomic E-state index is 13.8. The van der Waals surface area contributed by atoms with E-state index in [1.807, 2.05) is 42.2 Å². The lowest BCUT2D eigenvalue weighted by Crippen LogP contribution is -2.38. The highest BCUT2D eigenvalue weighted by atomic mass is 32.2. The maximum Gasteiger partial charge on any atom is 0.305 e. The number of rotatable bonds is 5. The minimum atomic E-state index is -0.669. The number of anilines is 1. The van der Waals surface area contributed by atoms with Crippen molar-refractivity contribution in [3.8, 4) is 5.75 Å². The number of benzene rings is 2. The zero-order valence-corrected chi connectivity index (χ0v) is 22.5. The fourth-order valence-corrected chi connectivity index (χ4v) is 8.02. The van der Waals surface area contributed by atoms with Crippen molar-refractivity contribution in [3.63, 3.8) is 0 Å². The molecule has 0 radical (unpaired) electrons. The summed E-state index contributed by atoms with van der Waals surface area (Å²) in [5, 5.41) is -0.0263. The number of aryl methyl sites for hydroxylation is 1. The van der Waals surface area contributed by atoms with E-state index in [0.717, 1.165) is 59.7 Å². The zero-order valence-electron chi connectivity index (χ0n) is 20.8. The minimum absolute atomic E-state index is 0.0410. The topological polar surface area (TPSA) is 99.8 Å². The first-order valence-corrected chi connectivity index (χ1v) is 14.4. The number of fused-ring (bicyclic) bond motifs is 2. The van der Waals surface area contributed by atoms with Gasteiger partial charge in [0.25, 0.3) is 5.91 Å². The van der Waals surface area contributed by atoms with Crippen molar-refractivity contribution < 1.29 is 19.1 Å². The van der Waals surface area contributed by atoms with E-state index < -0.39 is 17.1 Å². The molecule has 3 atom stereocenters. The highest BCUT2D eigenvalue weighted by molar-refractivity contribution is 8.00. The Labute approximate surface area is 228 Å². The average Bonchev–Trinajstić information content (AvgIpc) is 3.42. The summed E-state index contributed by atoms with van der Waals surface area (Å²) in [6.07, 6.45) is 3.17. The van der Waals surface area contributed by atoms with E-state index in [9.17, 15) is 19.2 Å². The number of ether oxygens (including phenoxy) is 1. The monoisotopic (exact) mass is 549 g/mol. The molecule has 0 aliphatic carbocycles. The van der Waals surface area contributed by atoms with Crippen molar-refractivity contribution in [1.29, 1.82) is 0 Å². The number of carbonyl (C=O) groups is 3. The first-order chi connectivity index (χ1) is 18.4. The molecule has 196 valence electrons. The number of thioether (sulfide) groups is 1. The fraction of sp³-hybridized carbons (Fsp3) is 0.357. The molecule has 2 fully saturated rings. The third-order valence-electron chi connectivity index (χ3n) is 7.40. The average molecular weight is 550 g/mol. The molecule has 8 nitrogen and oxygen atoms in total. The minimum Gasteiger partial charge on any atom is -0.484 e. The SMILES string of the molecule is Cc1ccc(N2C(=O)C3Sc4[nH]c(=O)sc4[C@H](c4cccc(OCC(=O)N5CCCCC5)c4)C3C2=O)cc1. The van der Waals surface area contributed by atoms with Gasteiger partial charge in [0, 0.05) is 23.9 Å². The van der Waals surface area contributed by atoms with Gasteiger partial charge in [0.15, 0.2) is 6.61 Å². The number of hydrogen-bond donors (Lipinski definition) is 1. The van der Waals surface area contributed by atoms with E-state index in [1.165, 1.54) is 16.7 Å². The number of nitrogens with one attached hydrogen (secondary N) is 1. The van der Waals surface area contributed by atoms with Gasteiger partial charge in [-0.1, -0.05) is 52.9 Å². The number of carbonyl (C=O) groups excluding carboxylic acids is 3. The van der Waals surface area contributed by atoms with E-state index in [1.54, 1.807) is 18.2 Å². The molecule has 6 rings (SSSR count). The molecule has 3 aliphatic rings. The quantitative estimate of drug-likeness (QED) is 0.484. The molecule has 2 aromatic carbocycles. The molecule has 3 amide bonds. The van der Waals surface area contributed by atoms with Crippen LogP contribution in [-0.4, -0.2) is 52.6 Å². The third-order valence-corrected chi connectivity index (χ3v) is 9.81. The molecule has 3 aromatic rings. The molecular weight excluding hydrogens is 522 g/mol. The Morgan fingerprint density at radius 1 is 1.03 bits per heavy atom. The molecule has 3 aliphatic heterocycles. The highest BCUT2D eigenvalue weighted by Crippen LogP contribution is 2.53. The Balaban J connectivity index is 1.32. The molecule has 2 unspecified atom stereocenters. The number of hydrogen-bond acceptors (Lipinski definition) is 7. The molecular formula is C28H27N3O5S2. The van der Waals surface area contributed by atoms with Gasteiger partial charge in [-0.3, -0.25) is 19.2 Å². The summed E-state index contributed by atoms with van der Waals surface area (Å²) >= 11 is 2.33. The highest BCUT2D eigenvalue weighted by Gasteiger charge is 2.56. The van der Waals surface area contributed by atoms with Crippen LogP contribution in [0.4, 0.5) is 5.69 Å². The predicted molar refractivity (Wildman–Crippen MR) is 146 cm³/mol. The maximum absolute atomic E-state index is 13.8. The largest absolute Gasteiger partial charge is 0.484 e. The van der Waals surface area contributed by atoms with Crippen molar-refractivity contribution in [3.05, 3.63) is 74.2 Å². The molecule has 4 heterocycles. The van der Waals surface area contributed by atoms with Crippen molar-refractivity contribution in [2.45, 2.75) is 42.4 Å². The first kappa shape index (κ1) is 24.9. The zero-order chi connectivity index (χ0) is 26.4. The van der Waals surface area contributed by atoms with Crippen LogP contribution < -0.4 is 14.5 Å². The summed E-state index contributed by atoms with van der Waals surface area (Å²) in [7, 11) is 0. The number of imide groups is 1. The fourth-order valence-electron chi connectivity index (χ4n) is 5.50. The number of nitrogens with zero attached hydrogens (tertiary/aromatic N) is 2. The number of likely N-dealkylation sites (tertiary alicyclic amines) is 1. The molecule has 38 heavy (non-hydrogen) atoms. The second-order valence-electron chi connectivity index (χ2n) is 9.90. The molecule has 0 saturated carbocycles. The van der Waals surface area contributed by atoms with Crippen LogP contribution in [0.25, 0.3) is 0 Å². The van der Waals surface area contributed by atoms with Gasteiger partial charge in [-0.2, -0.15) is 0 Å². The van der Waals surface area contributed by atoms with Gasteiger partial charge in [-0.15, -0.1) is 0 Å². The molecule has 1 N–H and O–H groups in total. The lowest BCUT2D eigenvalue weighted by Gasteiger charge is -2.30. The number of H-pyrrole nitrogens is 1. The van der Waals surface area contributed by atoms with E-state index in [0.29, 0.717) is 16.5 Å². The Morgan fingerprint density at radius 2 is 1.79 bits per heavy atom. The second-order valence-corrected chi connectivity index (χ2v) is 12.1. The molecule has 1 aromatic heterocycles. The Kier molecular flexibility index (Phi) is 6.61. The van der Waals surface area contributed by atoms with E-state index >= 15 is 0 Å². The smallest absolute Gasteiger partial charge is 0.305 e. The summed E-state index contributed by atoms with van der Waals surface area (Å²) in [4.78, 5) is 58.8. The van der Waals surface area contributed by atoms with Gasteiger partial charge in [0.1, 0.15) is 11.0 Å². The van der Waals surface area contributed by atoms with Crippen molar-refractivity contribution in [1.82, 2.24) is 9.88 Å². The molecule has 10 heteroatoms. The number of amides is 3. The summed E-state index contributed by atoms with van der Waals surface area (Å²) in [5.74, 6) is -1.25. The van der Waals surface area contributed by atoms with Crippen molar-refractivity contribution >= 4 is 46.5 Å². The van der Waals surface area contributed by atoms with E-state index in [2.05, 4.69) is 4.98 Å². The Hall–Kier alpha value is -3.37. The van der Waals surface area contributed by atoms with Crippen LogP contribution in [0.15, 0.2) is 58.4 Å². The van der Waals surface area contributed by atoms with Gasteiger partial charge in [0.05, 0.1) is 16.6 Å². The second kappa shape index (κ2) is 10.1. The number of aromatic nitrogens is 1. The third kappa shape index (κ3) is 4.45. The van der Waals surface area contributed by atoms with Gasteiger partial charge >= 0.3 is 4.87 Å². The van der Waals surface area contributed by atoms with Crippen LogP contribution in [0.1, 0.15) is 41.2 Å². The predicted octanol–water partition coefficient (Wildman–Crippen LogP) is 3.93. The van der Waals surface area contributed by atoms with E-state index in [4.69, 9.17) is 4.74 Å². The van der Waals surface area contributed by atoms with Crippen LogP contribution in [0.2, 0.25) is 0 Å². The summed E-state index contributed by atoms with van der Waals surface area (Å²) in [6, 6.07) is 14.6. The van der Waals surface area contributed by atoms with Crippen LogP contribution >= 0.6 is 23.1 Å². The normalized spacial score (nSPS) is 22.8. The van der Waals surface area contributed by atoms with Gasteiger partial charge in [-0.05, 0) is 56.0 Å². The Morgan fingerprint density at radius 3 is 2.55 bits per heavy atom. The molecule has 0 spiro atoms. The number of aromatic amines is 1. The van der Waals surface area contributed by atoms with Crippen LogP contribution in [0, 0.1) is 12.8 Å². The van der Waals surface area contributed by atoms with Crippen LogP contribution in [0.3, 0.4) is 0 Å². The lowest BCUT2D eigenvalue weighted by molar-refractivity contribution is -0.134. The van der Waals surface area contributed by atoms with Crippen LogP contribution in [0.5, 0.6) is 5.75 Å². The van der Waals surface area contributed by atoms with Crippen molar-refractivity contribution in [2.24, 2.45) is 5.92 Å². The number of thiazole rings is 1. The molecule has 2 saturated heterocycles. The van der Waals surface area contributed by atoms with E-state index in [-0.39, 0.29) is 29.2 Å². The lowest BCUT2D eigenvalue weighted by atomic mass is 9.83. The standard InChI is InChI=1S/C28H27N3O5S2/c1-16-8-10-18(11-9-16)31-26(33)22-21(23-25(29-28(35)38-23)37-24(22)27(31)34)17-6-5-7-19(14-17)36-15-20(32)30-12-3-2-4-13-30/h5-11,14,21-22,24H,2-4,12-13,15H2,1H3,(H,29,35)/t21-,22?,24?/m1/s1. The van der Waals surface area contributed by atoms with Gasteiger partial charge in [0.2, 0.25) is 11.8 Å². The van der Waals surface area contributed by atoms with Gasteiger partial charge in [-0.25, -0.2) is 4.90 Å². The first-order valence-electron chi connectivity index (χ1n) is 12.8. The number of piperidine rings is 1. The summed E-state index contributed by atoms with van der Waals surface area (Å²) in [5.41, 5.74) is 2.35. The van der Waals surface area contributed by atoms with Crippen LogP contribution in [-0.2, 0) is 14.4 Å². The van der Waals surface area contributed by atoms with Crippen molar-refractivity contribution in [2.75, 3.05) is 24.6 Å². The van der Waals surface area contributed by atoms with Gasteiger partial charge < -0.3 is 14.6 Å². The summed E-state index contributed by atoms with van der Waals surface area (Å²) < 4.78 is 5.88.